The van der Waals surface area contributed by atoms with E-state index in [0.717, 1.165) is 11.8 Å². The minimum Gasteiger partial charge on any atom is -0.504 e. The average Bonchev–Trinajstić information content (AvgIpc) is 2.29. The van der Waals surface area contributed by atoms with Crippen LogP contribution in [0.25, 0.3) is 0 Å². The number of carbonyl (C=O) groups is 1. The molecule has 0 fully saturated rings. The van der Waals surface area contributed by atoms with Gasteiger partial charge in [-0.1, -0.05) is 15.9 Å². The molecule has 1 unspecified atom stereocenters. The van der Waals surface area contributed by atoms with Gasteiger partial charge in [0, 0.05) is 16.9 Å². The maximum Gasteiger partial charge on any atom is 0.251 e. The molecular weight excluding hydrogens is 286 g/mol. The van der Waals surface area contributed by atoms with Gasteiger partial charge in [0.05, 0.1) is 7.11 Å². The second-order valence-corrected chi connectivity index (χ2v) is 4.53. The Balaban J connectivity index is 2.72. The molecule has 0 saturated heterocycles. The lowest BCUT2D eigenvalue weighted by molar-refractivity contribution is 0.0939. The fraction of sp³-hybridized carbons (Fsp3) is 0.417. The number of amides is 1. The highest BCUT2D eigenvalue weighted by Gasteiger charge is 2.11. The molecule has 1 amide bonds. The molecule has 2 N–H and O–H groups in total. The highest BCUT2D eigenvalue weighted by molar-refractivity contribution is 9.09. The van der Waals surface area contributed by atoms with Crippen LogP contribution in [0.15, 0.2) is 18.2 Å². The first kappa shape index (κ1) is 13.8. The third-order valence-corrected chi connectivity index (χ3v) is 2.82. The summed E-state index contributed by atoms with van der Waals surface area (Å²) in [7, 11) is 1.47. The van der Waals surface area contributed by atoms with E-state index in [4.69, 9.17) is 4.74 Å². The van der Waals surface area contributed by atoms with Crippen molar-refractivity contribution in [3.8, 4) is 11.5 Å². The highest BCUT2D eigenvalue weighted by Crippen LogP contribution is 2.26. The summed E-state index contributed by atoms with van der Waals surface area (Å²) in [6.45, 7) is 1.93. The first-order valence-corrected chi connectivity index (χ1v) is 6.44. The van der Waals surface area contributed by atoms with E-state index in [1.54, 1.807) is 12.1 Å². The Kier molecular flexibility index (Phi) is 5.28. The van der Waals surface area contributed by atoms with E-state index in [1.807, 2.05) is 6.92 Å². The van der Waals surface area contributed by atoms with E-state index in [0.29, 0.717) is 11.3 Å². The van der Waals surface area contributed by atoms with Crippen molar-refractivity contribution in [1.29, 1.82) is 0 Å². The minimum atomic E-state index is -0.198. The smallest absolute Gasteiger partial charge is 0.251 e. The zero-order valence-corrected chi connectivity index (χ0v) is 11.5. The second kappa shape index (κ2) is 6.49. The number of hydrogen-bond donors (Lipinski definition) is 2. The van der Waals surface area contributed by atoms with Gasteiger partial charge < -0.3 is 15.2 Å². The highest BCUT2D eigenvalue weighted by atomic mass is 79.9. The van der Waals surface area contributed by atoms with E-state index < -0.39 is 0 Å². The van der Waals surface area contributed by atoms with Crippen LogP contribution in [0.5, 0.6) is 11.5 Å². The summed E-state index contributed by atoms with van der Waals surface area (Å²) in [5, 5.41) is 13.2. The molecule has 17 heavy (non-hydrogen) atoms. The lowest BCUT2D eigenvalue weighted by Crippen LogP contribution is -2.32. The van der Waals surface area contributed by atoms with Crippen molar-refractivity contribution in [2.45, 2.75) is 19.4 Å². The number of aromatic hydroxyl groups is 1. The zero-order valence-electron chi connectivity index (χ0n) is 9.87. The van der Waals surface area contributed by atoms with E-state index >= 15 is 0 Å². The Hall–Kier alpha value is -1.23. The van der Waals surface area contributed by atoms with Crippen LogP contribution in [-0.4, -0.2) is 29.5 Å². The van der Waals surface area contributed by atoms with Crippen LogP contribution in [-0.2, 0) is 0 Å². The van der Waals surface area contributed by atoms with E-state index in [9.17, 15) is 9.90 Å². The molecule has 4 nitrogen and oxygen atoms in total. The Morgan fingerprint density at radius 2 is 2.29 bits per heavy atom. The van der Waals surface area contributed by atoms with E-state index in [1.165, 1.54) is 13.2 Å². The summed E-state index contributed by atoms with van der Waals surface area (Å²) >= 11 is 3.32. The van der Waals surface area contributed by atoms with Gasteiger partial charge in [0.1, 0.15) is 0 Å². The summed E-state index contributed by atoms with van der Waals surface area (Å²) in [5.74, 6) is 0.125. The summed E-state index contributed by atoms with van der Waals surface area (Å²) in [4.78, 5) is 11.8. The summed E-state index contributed by atoms with van der Waals surface area (Å²) in [6, 6.07) is 4.68. The van der Waals surface area contributed by atoms with Crippen LogP contribution in [0.1, 0.15) is 23.7 Å². The van der Waals surface area contributed by atoms with Crippen molar-refractivity contribution in [3.05, 3.63) is 23.8 Å². The molecule has 94 valence electrons. The molecule has 0 heterocycles. The molecule has 0 aliphatic heterocycles. The largest absolute Gasteiger partial charge is 0.504 e. The van der Waals surface area contributed by atoms with Gasteiger partial charge in [-0.25, -0.2) is 0 Å². The second-order valence-electron chi connectivity index (χ2n) is 3.74. The van der Waals surface area contributed by atoms with Gasteiger partial charge in [-0.15, -0.1) is 0 Å². The predicted octanol–water partition coefficient (Wildman–Crippen LogP) is 2.30. The average molecular weight is 302 g/mol. The first-order chi connectivity index (χ1) is 8.08. The number of nitrogens with one attached hydrogen (secondary N) is 1. The molecule has 0 spiro atoms. The maximum absolute atomic E-state index is 11.8. The Labute approximate surface area is 109 Å². The number of benzene rings is 1. The number of halogens is 1. The Bertz CT molecular complexity index is 395. The molecule has 1 aromatic rings. The van der Waals surface area contributed by atoms with Crippen molar-refractivity contribution in [2.75, 3.05) is 12.4 Å². The SMILES string of the molecule is COc1ccc(C(=O)NC(C)CCBr)cc1O. The Morgan fingerprint density at radius 1 is 1.59 bits per heavy atom. The standard InChI is InChI=1S/C12H16BrNO3/c1-8(5-6-13)14-12(16)9-3-4-11(17-2)10(15)7-9/h3-4,7-8,15H,5-6H2,1-2H3,(H,14,16). The molecule has 1 rings (SSSR count). The summed E-state index contributed by atoms with van der Waals surface area (Å²) in [5.41, 5.74) is 0.421. The molecule has 1 atom stereocenters. The maximum atomic E-state index is 11.8. The van der Waals surface area contributed by atoms with Gasteiger partial charge in [-0.2, -0.15) is 0 Å². The monoisotopic (exact) mass is 301 g/mol. The van der Waals surface area contributed by atoms with Crippen molar-refractivity contribution in [2.24, 2.45) is 0 Å². The van der Waals surface area contributed by atoms with E-state index in [-0.39, 0.29) is 17.7 Å². The number of hydrogen-bond acceptors (Lipinski definition) is 3. The van der Waals surface area contributed by atoms with Crippen LogP contribution < -0.4 is 10.1 Å². The van der Waals surface area contributed by atoms with Crippen LogP contribution in [0.3, 0.4) is 0 Å². The number of phenolic OH excluding ortho intramolecular Hbond substituents is 1. The van der Waals surface area contributed by atoms with Crippen molar-refractivity contribution < 1.29 is 14.6 Å². The fourth-order valence-corrected chi connectivity index (χ4v) is 2.06. The zero-order chi connectivity index (χ0) is 12.8. The summed E-state index contributed by atoms with van der Waals surface area (Å²) < 4.78 is 4.91. The predicted molar refractivity (Wildman–Crippen MR) is 70.0 cm³/mol. The molecule has 0 radical (unpaired) electrons. The number of ether oxygens (including phenoxy) is 1. The molecule has 0 bridgehead atoms. The third kappa shape index (κ3) is 3.93. The fourth-order valence-electron chi connectivity index (χ4n) is 1.37. The van der Waals surface area contributed by atoms with Crippen LogP contribution in [0, 0.1) is 0 Å². The summed E-state index contributed by atoms with van der Waals surface area (Å²) in [6.07, 6.45) is 0.855. The lowest BCUT2D eigenvalue weighted by atomic mass is 10.1. The number of rotatable bonds is 5. The van der Waals surface area contributed by atoms with Crippen LogP contribution in [0.4, 0.5) is 0 Å². The molecule has 0 aliphatic carbocycles. The van der Waals surface area contributed by atoms with Gasteiger partial charge in [-0.3, -0.25) is 4.79 Å². The van der Waals surface area contributed by atoms with Gasteiger partial charge in [0.15, 0.2) is 11.5 Å². The van der Waals surface area contributed by atoms with Crippen molar-refractivity contribution in [3.63, 3.8) is 0 Å². The van der Waals surface area contributed by atoms with Gasteiger partial charge in [0.2, 0.25) is 0 Å². The van der Waals surface area contributed by atoms with Crippen LogP contribution in [0.2, 0.25) is 0 Å². The molecule has 5 heteroatoms. The number of phenols is 1. The van der Waals surface area contributed by atoms with E-state index in [2.05, 4.69) is 21.2 Å². The van der Waals surface area contributed by atoms with Crippen molar-refractivity contribution >= 4 is 21.8 Å². The third-order valence-electron chi connectivity index (χ3n) is 2.36. The quantitative estimate of drug-likeness (QED) is 0.821. The van der Waals surface area contributed by atoms with Crippen molar-refractivity contribution in [1.82, 2.24) is 5.32 Å². The topological polar surface area (TPSA) is 58.6 Å². The normalized spacial score (nSPS) is 11.9. The van der Waals surface area contributed by atoms with Gasteiger partial charge >= 0.3 is 0 Å². The molecule has 0 saturated carbocycles. The Morgan fingerprint density at radius 3 is 2.82 bits per heavy atom. The molecular formula is C12H16BrNO3. The number of methoxy groups -OCH3 is 1. The molecule has 0 aromatic heterocycles. The van der Waals surface area contributed by atoms with Gasteiger partial charge in [0.25, 0.3) is 5.91 Å². The van der Waals surface area contributed by atoms with Crippen LogP contribution >= 0.6 is 15.9 Å². The minimum absolute atomic E-state index is 0.0340. The number of carbonyl (C=O) groups excluding carboxylic acids is 1. The number of alkyl halides is 1. The molecule has 0 aliphatic rings. The van der Waals surface area contributed by atoms with Gasteiger partial charge in [-0.05, 0) is 31.5 Å². The lowest BCUT2D eigenvalue weighted by Gasteiger charge is -2.13. The first-order valence-electron chi connectivity index (χ1n) is 5.32. The molecule has 1 aromatic carbocycles.